The first kappa shape index (κ1) is 10.2. The molecule has 0 atom stereocenters. The van der Waals surface area contributed by atoms with Gasteiger partial charge in [-0.25, -0.2) is 4.72 Å². The fraction of sp³-hybridized carbons (Fsp3) is 0.300. The van der Waals surface area contributed by atoms with Gasteiger partial charge in [0.2, 0.25) is 0 Å². The third-order valence-corrected chi connectivity index (χ3v) is 4.25. The van der Waals surface area contributed by atoms with Crippen LogP contribution in [0.3, 0.4) is 0 Å². The molecule has 1 aromatic carbocycles. The van der Waals surface area contributed by atoms with E-state index in [2.05, 4.69) is 20.7 Å². The Bertz CT molecular complexity index is 352. The molecule has 0 radical (unpaired) electrons. The van der Waals surface area contributed by atoms with Gasteiger partial charge in [-0.2, -0.15) is 0 Å². The molecular weight excluding hydrogens is 262 g/mol. The molecule has 1 saturated carbocycles. The van der Waals surface area contributed by atoms with Crippen molar-refractivity contribution in [3.8, 4) is 0 Å². The van der Waals surface area contributed by atoms with Crippen LogP contribution in [0.5, 0.6) is 0 Å². The first-order chi connectivity index (χ1) is 6.76. The van der Waals surface area contributed by atoms with Crippen molar-refractivity contribution in [3.63, 3.8) is 0 Å². The molecule has 1 N–H and O–H groups in total. The number of halogens is 1. The molecule has 0 aromatic heterocycles. The topological polar surface area (TPSA) is 29.1 Å². The van der Waals surface area contributed by atoms with Crippen LogP contribution < -0.4 is 4.72 Å². The molecule has 1 fully saturated rings. The molecule has 74 valence electrons. The molecule has 1 aliphatic carbocycles. The zero-order valence-corrected chi connectivity index (χ0v) is 9.90. The van der Waals surface area contributed by atoms with E-state index in [0.717, 1.165) is 28.5 Å². The second-order valence-corrected chi connectivity index (χ2v) is 5.11. The van der Waals surface area contributed by atoms with E-state index in [9.17, 15) is 4.79 Å². The van der Waals surface area contributed by atoms with Crippen molar-refractivity contribution in [3.05, 3.63) is 28.7 Å². The van der Waals surface area contributed by atoms with Gasteiger partial charge in [0.25, 0.3) is 0 Å². The highest BCUT2D eigenvalue weighted by Gasteiger charge is 2.42. The minimum absolute atomic E-state index is 0.250. The molecule has 0 unspecified atom stereocenters. The van der Waals surface area contributed by atoms with Crippen molar-refractivity contribution in [1.82, 2.24) is 4.72 Å². The number of hydrogen-bond donors (Lipinski definition) is 1. The van der Waals surface area contributed by atoms with Crippen molar-refractivity contribution in [2.24, 2.45) is 0 Å². The third-order valence-electron chi connectivity index (χ3n) is 2.22. The van der Waals surface area contributed by atoms with Crippen molar-refractivity contribution in [1.29, 1.82) is 0 Å². The van der Waals surface area contributed by atoms with Gasteiger partial charge in [0.1, 0.15) is 6.29 Å². The smallest absolute Gasteiger partial charge is 0.140 e. The molecule has 1 aliphatic rings. The Balaban J connectivity index is 1.98. The molecule has 4 heteroatoms. The molecule has 0 amide bonds. The number of carbonyl (C=O) groups excluding carboxylic acids is 1. The standard InChI is InChI=1S/C10H10BrNOS/c11-8-3-1-2-4-9(8)14-12-10(7-13)5-6-10/h1-4,7,12H,5-6H2. The molecule has 2 nitrogen and oxygen atoms in total. The lowest BCUT2D eigenvalue weighted by molar-refractivity contribution is -0.109. The molecule has 1 aromatic rings. The van der Waals surface area contributed by atoms with Crippen LogP contribution in [0.2, 0.25) is 0 Å². The Morgan fingerprint density at radius 2 is 2.14 bits per heavy atom. The van der Waals surface area contributed by atoms with Crippen LogP contribution in [-0.2, 0) is 4.79 Å². The summed E-state index contributed by atoms with van der Waals surface area (Å²) in [5, 5.41) is 0. The number of rotatable bonds is 4. The van der Waals surface area contributed by atoms with E-state index in [4.69, 9.17) is 0 Å². The summed E-state index contributed by atoms with van der Waals surface area (Å²) in [6, 6.07) is 7.96. The second-order valence-electron chi connectivity index (χ2n) is 3.41. The average Bonchev–Trinajstić information content (AvgIpc) is 2.98. The summed E-state index contributed by atoms with van der Waals surface area (Å²) in [4.78, 5) is 11.8. The summed E-state index contributed by atoms with van der Waals surface area (Å²) in [7, 11) is 0. The highest BCUT2D eigenvalue weighted by atomic mass is 79.9. The Morgan fingerprint density at radius 3 is 2.71 bits per heavy atom. The number of hydrogen-bond acceptors (Lipinski definition) is 3. The van der Waals surface area contributed by atoms with Gasteiger partial charge in [-0.05, 0) is 52.9 Å². The van der Waals surface area contributed by atoms with Crippen LogP contribution in [-0.4, -0.2) is 11.8 Å². The van der Waals surface area contributed by atoms with Gasteiger partial charge in [0, 0.05) is 9.37 Å². The first-order valence-electron chi connectivity index (χ1n) is 4.41. The molecule has 0 aliphatic heterocycles. The summed E-state index contributed by atoms with van der Waals surface area (Å²) in [5.74, 6) is 0. The maximum absolute atomic E-state index is 10.7. The summed E-state index contributed by atoms with van der Waals surface area (Å²) in [6.07, 6.45) is 2.92. The summed E-state index contributed by atoms with van der Waals surface area (Å²) in [6.45, 7) is 0. The first-order valence-corrected chi connectivity index (χ1v) is 6.02. The van der Waals surface area contributed by atoms with Crippen LogP contribution in [0.15, 0.2) is 33.6 Å². The molecule has 14 heavy (non-hydrogen) atoms. The predicted molar refractivity (Wildman–Crippen MR) is 61.2 cm³/mol. The minimum Gasteiger partial charge on any atom is -0.301 e. The van der Waals surface area contributed by atoms with E-state index in [1.54, 1.807) is 0 Å². The Labute approximate surface area is 95.7 Å². The lowest BCUT2D eigenvalue weighted by Crippen LogP contribution is -2.26. The van der Waals surface area contributed by atoms with Crippen LogP contribution in [0.1, 0.15) is 12.8 Å². The van der Waals surface area contributed by atoms with Crippen LogP contribution in [0.25, 0.3) is 0 Å². The molecule has 0 saturated heterocycles. The number of aldehydes is 1. The summed E-state index contributed by atoms with van der Waals surface area (Å²) >= 11 is 4.97. The summed E-state index contributed by atoms with van der Waals surface area (Å²) < 4.78 is 4.25. The van der Waals surface area contributed by atoms with Crippen molar-refractivity contribution in [2.45, 2.75) is 23.3 Å². The van der Waals surface area contributed by atoms with E-state index < -0.39 is 0 Å². The fourth-order valence-corrected chi connectivity index (χ4v) is 2.47. The normalized spacial score (nSPS) is 17.8. The summed E-state index contributed by atoms with van der Waals surface area (Å²) in [5.41, 5.74) is -0.250. The van der Waals surface area contributed by atoms with E-state index in [1.807, 2.05) is 24.3 Å². The number of carbonyl (C=O) groups is 1. The molecule has 2 rings (SSSR count). The van der Waals surface area contributed by atoms with Crippen molar-refractivity contribution in [2.75, 3.05) is 0 Å². The molecule has 0 bridgehead atoms. The van der Waals surface area contributed by atoms with E-state index in [0.29, 0.717) is 0 Å². The Hall–Kier alpha value is -0.320. The highest BCUT2D eigenvalue weighted by Crippen LogP contribution is 2.37. The Kier molecular flexibility index (Phi) is 2.95. The van der Waals surface area contributed by atoms with Crippen LogP contribution in [0, 0.1) is 0 Å². The molecule has 0 spiro atoms. The van der Waals surface area contributed by atoms with E-state index in [-0.39, 0.29) is 5.54 Å². The van der Waals surface area contributed by atoms with Crippen molar-refractivity contribution >= 4 is 34.2 Å². The van der Waals surface area contributed by atoms with E-state index in [1.165, 1.54) is 11.9 Å². The number of nitrogens with one attached hydrogen (secondary N) is 1. The van der Waals surface area contributed by atoms with Gasteiger partial charge < -0.3 is 4.79 Å². The van der Waals surface area contributed by atoms with Gasteiger partial charge in [0.05, 0.1) is 5.54 Å². The van der Waals surface area contributed by atoms with Crippen molar-refractivity contribution < 1.29 is 4.79 Å². The minimum atomic E-state index is -0.250. The van der Waals surface area contributed by atoms with Gasteiger partial charge in [0.15, 0.2) is 0 Å². The van der Waals surface area contributed by atoms with Gasteiger partial charge >= 0.3 is 0 Å². The average molecular weight is 272 g/mol. The van der Waals surface area contributed by atoms with E-state index >= 15 is 0 Å². The van der Waals surface area contributed by atoms with Gasteiger partial charge in [-0.3, -0.25) is 0 Å². The largest absolute Gasteiger partial charge is 0.301 e. The monoisotopic (exact) mass is 271 g/mol. The Morgan fingerprint density at radius 1 is 1.43 bits per heavy atom. The number of benzene rings is 1. The zero-order valence-electron chi connectivity index (χ0n) is 7.50. The fourth-order valence-electron chi connectivity index (χ4n) is 1.06. The lowest BCUT2D eigenvalue weighted by atomic mass is 10.3. The maximum atomic E-state index is 10.7. The second kappa shape index (κ2) is 4.04. The quantitative estimate of drug-likeness (QED) is 0.675. The van der Waals surface area contributed by atoms with Crippen LogP contribution >= 0.6 is 27.9 Å². The third kappa shape index (κ3) is 2.19. The van der Waals surface area contributed by atoms with Gasteiger partial charge in [-0.15, -0.1) is 0 Å². The predicted octanol–water partition coefficient (Wildman–Crippen LogP) is 2.78. The SMILES string of the molecule is O=CC1(NSc2ccccc2Br)CC1. The van der Waals surface area contributed by atoms with Crippen LogP contribution in [0.4, 0.5) is 0 Å². The molecule has 0 heterocycles. The molecular formula is C10H10BrNOS. The maximum Gasteiger partial charge on any atom is 0.140 e. The highest BCUT2D eigenvalue weighted by molar-refractivity contribution is 9.10. The van der Waals surface area contributed by atoms with Gasteiger partial charge in [-0.1, -0.05) is 12.1 Å². The zero-order chi connectivity index (χ0) is 10.0. The lowest BCUT2D eigenvalue weighted by Gasteiger charge is -2.09.